The maximum Gasteiger partial charge on any atom is 0.244 e. The van der Waals surface area contributed by atoms with Crippen LogP contribution < -0.4 is 5.32 Å². The van der Waals surface area contributed by atoms with Crippen LogP contribution in [0.25, 0.3) is 0 Å². The Morgan fingerprint density at radius 3 is 2.23 bits per heavy atom. The number of carbonyl (C=O) groups excluding carboxylic acids is 1. The van der Waals surface area contributed by atoms with Crippen LogP contribution in [0, 0.1) is 0 Å². The van der Waals surface area contributed by atoms with Crippen molar-refractivity contribution in [1.82, 2.24) is 9.62 Å². The van der Waals surface area contributed by atoms with Gasteiger partial charge in [0.2, 0.25) is 15.9 Å². The summed E-state index contributed by atoms with van der Waals surface area (Å²) in [5.41, 5.74) is 1.78. The quantitative estimate of drug-likeness (QED) is 0.817. The van der Waals surface area contributed by atoms with E-state index in [0.29, 0.717) is 6.54 Å². The maximum absolute atomic E-state index is 12.3. The van der Waals surface area contributed by atoms with Crippen LogP contribution in [0.3, 0.4) is 0 Å². The molecule has 22 heavy (non-hydrogen) atoms. The Balaban J connectivity index is 2.79. The van der Waals surface area contributed by atoms with Crippen molar-refractivity contribution in [2.75, 3.05) is 7.05 Å². The maximum atomic E-state index is 12.3. The first-order chi connectivity index (χ1) is 10.1. The van der Waals surface area contributed by atoms with E-state index in [2.05, 4.69) is 5.32 Å². The summed E-state index contributed by atoms with van der Waals surface area (Å²) >= 11 is 0. The molecule has 0 saturated heterocycles. The SMILES string of the molecule is CC(C)=CC(=O)NCc1ccc(S(=O)(=O)N(C)C(C)C)cc1. The number of amides is 1. The lowest BCUT2D eigenvalue weighted by atomic mass is 10.2. The zero-order valence-electron chi connectivity index (χ0n) is 13.8. The monoisotopic (exact) mass is 324 g/mol. The van der Waals surface area contributed by atoms with Gasteiger partial charge in [0.15, 0.2) is 0 Å². The normalized spacial score (nSPS) is 11.6. The highest BCUT2D eigenvalue weighted by molar-refractivity contribution is 7.89. The molecule has 1 amide bonds. The molecular formula is C16H24N2O3S. The number of rotatable bonds is 6. The summed E-state index contributed by atoms with van der Waals surface area (Å²) in [4.78, 5) is 11.8. The van der Waals surface area contributed by atoms with Gasteiger partial charge in [-0.25, -0.2) is 8.42 Å². The van der Waals surface area contributed by atoms with Crippen LogP contribution in [0.5, 0.6) is 0 Å². The molecule has 1 aromatic carbocycles. The Kier molecular flexibility index (Phi) is 6.32. The fourth-order valence-corrected chi connectivity index (χ4v) is 3.09. The Morgan fingerprint density at radius 1 is 1.23 bits per heavy atom. The van der Waals surface area contributed by atoms with E-state index in [-0.39, 0.29) is 16.8 Å². The average Bonchev–Trinajstić information content (AvgIpc) is 2.43. The summed E-state index contributed by atoms with van der Waals surface area (Å²) in [6, 6.07) is 6.45. The van der Waals surface area contributed by atoms with E-state index in [0.717, 1.165) is 11.1 Å². The Morgan fingerprint density at radius 2 is 1.77 bits per heavy atom. The first kappa shape index (κ1) is 18.4. The molecule has 0 saturated carbocycles. The summed E-state index contributed by atoms with van der Waals surface area (Å²) < 4.78 is 26.0. The molecule has 0 aliphatic carbocycles. The van der Waals surface area contributed by atoms with Crippen molar-refractivity contribution in [1.29, 1.82) is 0 Å². The van der Waals surface area contributed by atoms with Gasteiger partial charge in [-0.15, -0.1) is 0 Å². The third-order valence-electron chi connectivity index (χ3n) is 3.21. The molecule has 0 fully saturated rings. The average molecular weight is 324 g/mol. The Bertz CT molecular complexity index is 642. The van der Waals surface area contributed by atoms with Crippen molar-refractivity contribution in [2.24, 2.45) is 0 Å². The predicted octanol–water partition coefficient (Wildman–Crippen LogP) is 2.30. The lowest BCUT2D eigenvalue weighted by Crippen LogP contribution is -2.33. The molecule has 1 aromatic rings. The van der Waals surface area contributed by atoms with E-state index in [1.165, 1.54) is 10.4 Å². The van der Waals surface area contributed by atoms with Crippen molar-refractivity contribution in [2.45, 2.75) is 45.2 Å². The van der Waals surface area contributed by atoms with Crippen molar-refractivity contribution in [3.63, 3.8) is 0 Å². The smallest absolute Gasteiger partial charge is 0.244 e. The fourth-order valence-electron chi connectivity index (χ4n) is 1.73. The Labute approximate surface area is 133 Å². The molecule has 5 nitrogen and oxygen atoms in total. The molecule has 0 aliphatic rings. The van der Waals surface area contributed by atoms with Gasteiger partial charge in [-0.2, -0.15) is 4.31 Å². The number of nitrogens with zero attached hydrogens (tertiary/aromatic N) is 1. The number of benzene rings is 1. The molecule has 0 atom stereocenters. The van der Waals surface area contributed by atoms with E-state index in [1.807, 2.05) is 27.7 Å². The minimum absolute atomic E-state index is 0.104. The van der Waals surface area contributed by atoms with E-state index in [1.54, 1.807) is 31.3 Å². The molecule has 0 aromatic heterocycles. The molecule has 1 rings (SSSR count). The van der Waals surface area contributed by atoms with Crippen molar-refractivity contribution in [3.05, 3.63) is 41.5 Å². The molecule has 1 N–H and O–H groups in total. The van der Waals surface area contributed by atoms with Crippen LogP contribution in [-0.4, -0.2) is 31.7 Å². The first-order valence-corrected chi connectivity index (χ1v) is 8.58. The highest BCUT2D eigenvalue weighted by Gasteiger charge is 2.22. The van der Waals surface area contributed by atoms with Crippen LogP contribution in [0.1, 0.15) is 33.3 Å². The number of allylic oxidation sites excluding steroid dienone is 1. The van der Waals surface area contributed by atoms with Crippen molar-refractivity contribution < 1.29 is 13.2 Å². The topological polar surface area (TPSA) is 66.5 Å². The lowest BCUT2D eigenvalue weighted by Gasteiger charge is -2.21. The number of hydrogen-bond acceptors (Lipinski definition) is 3. The second-order valence-corrected chi connectivity index (χ2v) is 7.70. The molecule has 0 aliphatic heterocycles. The zero-order valence-corrected chi connectivity index (χ0v) is 14.6. The van der Waals surface area contributed by atoms with Crippen LogP contribution in [0.2, 0.25) is 0 Å². The van der Waals surface area contributed by atoms with Gasteiger partial charge in [0.1, 0.15) is 0 Å². The van der Waals surface area contributed by atoms with E-state index < -0.39 is 10.0 Å². The molecule has 0 heterocycles. The summed E-state index contributed by atoms with van der Waals surface area (Å²) in [6.45, 7) is 7.72. The Hall–Kier alpha value is -1.66. The van der Waals surface area contributed by atoms with Crippen molar-refractivity contribution in [3.8, 4) is 0 Å². The van der Waals surface area contributed by atoms with Gasteiger partial charge < -0.3 is 5.32 Å². The first-order valence-electron chi connectivity index (χ1n) is 7.14. The second kappa shape index (κ2) is 7.56. The van der Waals surface area contributed by atoms with Gasteiger partial charge in [-0.05, 0) is 45.4 Å². The molecule has 122 valence electrons. The predicted molar refractivity (Wildman–Crippen MR) is 87.8 cm³/mol. The van der Waals surface area contributed by atoms with E-state index >= 15 is 0 Å². The summed E-state index contributed by atoms with van der Waals surface area (Å²) in [7, 11) is -1.90. The zero-order chi connectivity index (χ0) is 16.9. The van der Waals surface area contributed by atoms with Gasteiger partial charge in [-0.1, -0.05) is 17.7 Å². The minimum Gasteiger partial charge on any atom is -0.348 e. The van der Waals surface area contributed by atoms with Crippen LogP contribution in [0.15, 0.2) is 40.8 Å². The van der Waals surface area contributed by atoms with Gasteiger partial charge >= 0.3 is 0 Å². The van der Waals surface area contributed by atoms with Gasteiger partial charge in [-0.3, -0.25) is 4.79 Å². The highest BCUT2D eigenvalue weighted by Crippen LogP contribution is 2.17. The van der Waals surface area contributed by atoms with E-state index in [4.69, 9.17) is 0 Å². The molecule has 0 radical (unpaired) electrons. The van der Waals surface area contributed by atoms with E-state index in [9.17, 15) is 13.2 Å². The number of hydrogen-bond donors (Lipinski definition) is 1. The van der Waals surface area contributed by atoms with Gasteiger partial charge in [0.25, 0.3) is 0 Å². The fraction of sp³-hybridized carbons (Fsp3) is 0.438. The van der Waals surface area contributed by atoms with Gasteiger partial charge in [0.05, 0.1) is 4.90 Å². The number of nitrogens with one attached hydrogen (secondary N) is 1. The van der Waals surface area contributed by atoms with Crippen LogP contribution in [0.4, 0.5) is 0 Å². The third-order valence-corrected chi connectivity index (χ3v) is 5.26. The van der Waals surface area contributed by atoms with Crippen LogP contribution >= 0.6 is 0 Å². The molecular weight excluding hydrogens is 300 g/mol. The number of carbonyl (C=O) groups is 1. The molecule has 0 spiro atoms. The summed E-state index contributed by atoms with van der Waals surface area (Å²) in [6.07, 6.45) is 1.52. The molecule has 0 unspecified atom stereocenters. The standard InChI is InChI=1S/C16H24N2O3S/c1-12(2)10-16(19)17-11-14-6-8-15(9-7-14)22(20,21)18(5)13(3)4/h6-10,13H,11H2,1-5H3,(H,17,19). The number of sulfonamides is 1. The largest absolute Gasteiger partial charge is 0.348 e. The van der Waals surface area contributed by atoms with Crippen LogP contribution in [-0.2, 0) is 21.4 Å². The van der Waals surface area contributed by atoms with Gasteiger partial charge in [0, 0.05) is 25.7 Å². The molecule has 6 heteroatoms. The highest BCUT2D eigenvalue weighted by atomic mass is 32.2. The minimum atomic E-state index is -3.47. The van der Waals surface area contributed by atoms with Crippen molar-refractivity contribution >= 4 is 15.9 Å². The lowest BCUT2D eigenvalue weighted by molar-refractivity contribution is -0.116. The second-order valence-electron chi connectivity index (χ2n) is 5.70. The summed E-state index contributed by atoms with van der Waals surface area (Å²) in [5.74, 6) is -0.156. The summed E-state index contributed by atoms with van der Waals surface area (Å²) in [5, 5.41) is 2.75. The molecule has 0 bridgehead atoms. The third kappa shape index (κ3) is 4.96.